The molecule has 0 fully saturated rings. The molecular weight excluding hydrogens is 328 g/mol. The van der Waals surface area contributed by atoms with Gasteiger partial charge in [-0.05, 0) is 55.0 Å². The Kier molecular flexibility index (Phi) is 5.25. The second-order valence-corrected chi connectivity index (χ2v) is 6.36. The lowest BCUT2D eigenvalue weighted by atomic mass is 9.94. The summed E-state index contributed by atoms with van der Waals surface area (Å²) in [7, 11) is 1.63. The standard InChI is InChI=1S/C17H21ClN4O2/c1-24-16-5-2-13(18)8-11(16)6-7-19-17(23)21-14-3-4-15-12(9-14)10-20-22-15/h2,5,8,10,14H,3-4,6-7,9H2,1H3,(H,20,22)(H2,19,21,23)/t14-/m0/s1. The fourth-order valence-electron chi connectivity index (χ4n) is 3.03. The zero-order chi connectivity index (χ0) is 16.9. The summed E-state index contributed by atoms with van der Waals surface area (Å²) in [6.07, 6.45) is 5.16. The van der Waals surface area contributed by atoms with Crippen LogP contribution < -0.4 is 15.4 Å². The molecule has 1 aromatic heterocycles. The predicted octanol–water partition coefficient (Wildman–Crippen LogP) is 2.47. The molecule has 0 bridgehead atoms. The molecule has 1 atom stereocenters. The van der Waals surface area contributed by atoms with Crippen LogP contribution in [0.4, 0.5) is 4.79 Å². The Balaban J connectivity index is 1.46. The monoisotopic (exact) mass is 348 g/mol. The van der Waals surface area contributed by atoms with Crippen molar-refractivity contribution in [2.45, 2.75) is 31.7 Å². The summed E-state index contributed by atoms with van der Waals surface area (Å²) < 4.78 is 5.31. The SMILES string of the molecule is COc1ccc(Cl)cc1CCNC(=O)N[C@H]1CCc2[nH]ncc2C1. The van der Waals surface area contributed by atoms with Crippen molar-refractivity contribution < 1.29 is 9.53 Å². The number of halogens is 1. The Labute approximate surface area is 145 Å². The average molecular weight is 349 g/mol. The highest BCUT2D eigenvalue weighted by Gasteiger charge is 2.21. The van der Waals surface area contributed by atoms with E-state index in [1.807, 2.05) is 18.3 Å². The summed E-state index contributed by atoms with van der Waals surface area (Å²) in [4.78, 5) is 12.1. The number of methoxy groups -OCH3 is 1. The van der Waals surface area contributed by atoms with Gasteiger partial charge >= 0.3 is 6.03 Å². The van der Waals surface area contributed by atoms with Gasteiger partial charge in [-0.15, -0.1) is 0 Å². The molecule has 1 aliphatic carbocycles. The summed E-state index contributed by atoms with van der Waals surface area (Å²) >= 11 is 6.01. The molecule has 0 aliphatic heterocycles. The quantitative estimate of drug-likeness (QED) is 0.776. The van der Waals surface area contributed by atoms with Gasteiger partial charge in [0.1, 0.15) is 5.75 Å². The summed E-state index contributed by atoms with van der Waals surface area (Å²) in [5.74, 6) is 0.779. The first-order valence-corrected chi connectivity index (χ1v) is 8.41. The molecule has 1 aromatic carbocycles. The Hall–Kier alpha value is -2.21. The van der Waals surface area contributed by atoms with Crippen LogP contribution >= 0.6 is 11.6 Å². The minimum Gasteiger partial charge on any atom is -0.496 e. The van der Waals surface area contributed by atoms with Crippen LogP contribution in [0.5, 0.6) is 5.75 Å². The highest BCUT2D eigenvalue weighted by molar-refractivity contribution is 6.30. The maximum absolute atomic E-state index is 12.1. The van der Waals surface area contributed by atoms with Gasteiger partial charge in [0.15, 0.2) is 0 Å². The number of aromatic nitrogens is 2. The fraction of sp³-hybridized carbons (Fsp3) is 0.412. The van der Waals surface area contributed by atoms with Gasteiger partial charge in [-0.3, -0.25) is 5.10 Å². The minimum absolute atomic E-state index is 0.145. The Morgan fingerprint density at radius 1 is 1.50 bits per heavy atom. The number of aromatic amines is 1. The second kappa shape index (κ2) is 7.57. The van der Waals surface area contributed by atoms with E-state index >= 15 is 0 Å². The number of ether oxygens (including phenoxy) is 1. The molecule has 1 heterocycles. The number of hydrogen-bond donors (Lipinski definition) is 3. The number of carbonyl (C=O) groups excluding carboxylic acids is 1. The van der Waals surface area contributed by atoms with Gasteiger partial charge in [-0.2, -0.15) is 5.10 Å². The molecule has 3 rings (SSSR count). The molecule has 6 nitrogen and oxygen atoms in total. The third kappa shape index (κ3) is 4.00. The number of nitrogens with zero attached hydrogens (tertiary/aromatic N) is 1. The van der Waals surface area contributed by atoms with E-state index in [2.05, 4.69) is 20.8 Å². The van der Waals surface area contributed by atoms with Crippen molar-refractivity contribution in [2.24, 2.45) is 0 Å². The smallest absolute Gasteiger partial charge is 0.315 e. The second-order valence-electron chi connectivity index (χ2n) is 5.92. The maximum atomic E-state index is 12.1. The molecule has 7 heteroatoms. The number of rotatable bonds is 5. The van der Waals surface area contributed by atoms with E-state index in [-0.39, 0.29) is 12.1 Å². The molecule has 0 radical (unpaired) electrons. The van der Waals surface area contributed by atoms with Crippen molar-refractivity contribution in [3.05, 3.63) is 46.2 Å². The summed E-state index contributed by atoms with van der Waals surface area (Å²) in [5, 5.41) is 13.6. The normalized spacial score (nSPS) is 16.3. The molecule has 0 unspecified atom stereocenters. The average Bonchev–Trinajstić information content (AvgIpc) is 3.03. The number of nitrogens with one attached hydrogen (secondary N) is 3. The third-order valence-corrected chi connectivity index (χ3v) is 4.51. The van der Waals surface area contributed by atoms with Crippen molar-refractivity contribution in [1.29, 1.82) is 0 Å². The topological polar surface area (TPSA) is 79.0 Å². The van der Waals surface area contributed by atoms with Crippen molar-refractivity contribution in [3.63, 3.8) is 0 Å². The predicted molar refractivity (Wildman–Crippen MR) is 92.6 cm³/mol. The zero-order valence-electron chi connectivity index (χ0n) is 13.6. The van der Waals surface area contributed by atoms with Crippen LogP contribution in [0.15, 0.2) is 24.4 Å². The van der Waals surface area contributed by atoms with Gasteiger partial charge in [0.2, 0.25) is 0 Å². The highest BCUT2D eigenvalue weighted by atomic mass is 35.5. The van der Waals surface area contributed by atoms with Gasteiger partial charge in [0.05, 0.1) is 13.3 Å². The molecule has 24 heavy (non-hydrogen) atoms. The van der Waals surface area contributed by atoms with E-state index in [9.17, 15) is 4.79 Å². The number of benzene rings is 1. The van der Waals surface area contributed by atoms with E-state index in [4.69, 9.17) is 16.3 Å². The number of H-pyrrole nitrogens is 1. The zero-order valence-corrected chi connectivity index (χ0v) is 14.3. The van der Waals surface area contributed by atoms with E-state index < -0.39 is 0 Å². The third-order valence-electron chi connectivity index (χ3n) is 4.27. The van der Waals surface area contributed by atoms with E-state index in [1.54, 1.807) is 13.2 Å². The van der Waals surface area contributed by atoms with Crippen LogP contribution in [-0.4, -0.2) is 35.9 Å². The van der Waals surface area contributed by atoms with Crippen LogP contribution in [-0.2, 0) is 19.3 Å². The molecule has 128 valence electrons. The largest absolute Gasteiger partial charge is 0.496 e. The van der Waals surface area contributed by atoms with Crippen LogP contribution in [0.25, 0.3) is 0 Å². The molecule has 2 amide bonds. The van der Waals surface area contributed by atoms with Gasteiger partial charge in [0, 0.05) is 23.3 Å². The van der Waals surface area contributed by atoms with Crippen molar-refractivity contribution in [2.75, 3.05) is 13.7 Å². The number of hydrogen-bond acceptors (Lipinski definition) is 3. The number of urea groups is 1. The Morgan fingerprint density at radius 3 is 3.21 bits per heavy atom. The molecule has 0 saturated heterocycles. The van der Waals surface area contributed by atoms with Crippen molar-refractivity contribution >= 4 is 17.6 Å². The molecular formula is C17H21ClN4O2. The number of carbonyl (C=O) groups is 1. The maximum Gasteiger partial charge on any atom is 0.315 e. The molecule has 0 saturated carbocycles. The van der Waals surface area contributed by atoms with Crippen LogP contribution in [0, 0.1) is 0 Å². The summed E-state index contributed by atoms with van der Waals surface area (Å²) in [5.41, 5.74) is 3.35. The molecule has 2 aromatic rings. The molecule has 1 aliphatic rings. The fourth-order valence-corrected chi connectivity index (χ4v) is 3.22. The summed E-state index contributed by atoms with van der Waals surface area (Å²) in [6.45, 7) is 0.520. The van der Waals surface area contributed by atoms with E-state index in [1.165, 1.54) is 11.3 Å². The Morgan fingerprint density at radius 2 is 2.38 bits per heavy atom. The van der Waals surface area contributed by atoms with Crippen molar-refractivity contribution in [3.8, 4) is 5.75 Å². The lowest BCUT2D eigenvalue weighted by molar-refractivity contribution is 0.235. The summed E-state index contributed by atoms with van der Waals surface area (Å²) in [6, 6.07) is 5.49. The molecule has 0 spiro atoms. The van der Waals surface area contributed by atoms with Gasteiger partial charge < -0.3 is 15.4 Å². The number of amides is 2. The van der Waals surface area contributed by atoms with Crippen LogP contribution in [0.2, 0.25) is 5.02 Å². The van der Waals surface area contributed by atoms with E-state index in [0.717, 1.165) is 30.6 Å². The Bertz CT molecular complexity index is 716. The highest BCUT2D eigenvalue weighted by Crippen LogP contribution is 2.22. The first kappa shape index (κ1) is 16.6. The number of aryl methyl sites for hydroxylation is 1. The van der Waals surface area contributed by atoms with E-state index in [0.29, 0.717) is 18.0 Å². The van der Waals surface area contributed by atoms with Crippen LogP contribution in [0.1, 0.15) is 23.2 Å². The van der Waals surface area contributed by atoms with Crippen molar-refractivity contribution in [1.82, 2.24) is 20.8 Å². The lowest BCUT2D eigenvalue weighted by Crippen LogP contribution is -2.44. The van der Waals surface area contributed by atoms with Crippen LogP contribution in [0.3, 0.4) is 0 Å². The number of fused-ring (bicyclic) bond motifs is 1. The minimum atomic E-state index is -0.145. The van der Waals surface area contributed by atoms with Gasteiger partial charge in [-0.1, -0.05) is 11.6 Å². The first-order valence-electron chi connectivity index (χ1n) is 8.03. The van der Waals surface area contributed by atoms with Gasteiger partial charge in [0.25, 0.3) is 0 Å². The first-order chi connectivity index (χ1) is 11.7. The van der Waals surface area contributed by atoms with Gasteiger partial charge in [-0.25, -0.2) is 4.79 Å². The molecule has 3 N–H and O–H groups in total. The lowest BCUT2D eigenvalue weighted by Gasteiger charge is -2.23.